The van der Waals surface area contributed by atoms with Gasteiger partial charge in [-0.1, -0.05) is 30.3 Å². The van der Waals surface area contributed by atoms with Crippen molar-refractivity contribution in [2.75, 3.05) is 0 Å². The molecular weight excluding hydrogens is 285 g/mol. The van der Waals surface area contributed by atoms with Gasteiger partial charge in [-0.3, -0.25) is 0 Å². The van der Waals surface area contributed by atoms with Crippen LogP contribution in [0.3, 0.4) is 0 Å². The van der Waals surface area contributed by atoms with E-state index in [0.29, 0.717) is 17.9 Å². The molecule has 1 aromatic heterocycles. The van der Waals surface area contributed by atoms with Crippen molar-refractivity contribution >= 4 is 22.7 Å². The van der Waals surface area contributed by atoms with Crippen LogP contribution in [0.25, 0.3) is 10.9 Å². The molecule has 5 heteroatoms. The molecule has 0 saturated heterocycles. The van der Waals surface area contributed by atoms with Gasteiger partial charge in [-0.15, -0.1) is 11.8 Å². The van der Waals surface area contributed by atoms with Crippen LogP contribution in [-0.2, 0) is 12.3 Å². The number of rotatable bonds is 4. The van der Waals surface area contributed by atoms with Crippen molar-refractivity contribution in [1.29, 1.82) is 0 Å². The van der Waals surface area contributed by atoms with Gasteiger partial charge < -0.3 is 5.73 Å². The molecule has 3 aromatic rings. The second-order valence-corrected chi connectivity index (χ2v) is 5.58. The van der Waals surface area contributed by atoms with Crippen LogP contribution in [0.15, 0.2) is 53.8 Å². The van der Waals surface area contributed by atoms with E-state index in [1.165, 1.54) is 24.2 Å². The van der Waals surface area contributed by atoms with Gasteiger partial charge in [0, 0.05) is 17.7 Å². The van der Waals surface area contributed by atoms with E-state index in [4.69, 9.17) is 5.73 Å². The summed E-state index contributed by atoms with van der Waals surface area (Å²) in [7, 11) is 0. The summed E-state index contributed by atoms with van der Waals surface area (Å²) < 4.78 is 13.8. The summed E-state index contributed by atoms with van der Waals surface area (Å²) in [6.45, 7) is 0.411. The number of hydrogen-bond donors (Lipinski definition) is 1. The molecule has 0 spiro atoms. The number of hydrogen-bond acceptors (Lipinski definition) is 4. The zero-order valence-corrected chi connectivity index (χ0v) is 12.1. The molecule has 0 unspecified atom stereocenters. The standard InChI is InChI=1S/C16H14FN3S/c17-14-6-5-11(8-18)7-12(14)9-21-16-13-3-1-2-4-15(13)19-10-20-16/h1-7,10H,8-9,18H2. The van der Waals surface area contributed by atoms with Crippen molar-refractivity contribution in [3.63, 3.8) is 0 Å². The predicted molar refractivity (Wildman–Crippen MR) is 83.4 cm³/mol. The molecule has 21 heavy (non-hydrogen) atoms. The monoisotopic (exact) mass is 299 g/mol. The van der Waals surface area contributed by atoms with Crippen LogP contribution in [0.4, 0.5) is 4.39 Å². The van der Waals surface area contributed by atoms with Crippen LogP contribution >= 0.6 is 11.8 Å². The fourth-order valence-corrected chi connectivity index (χ4v) is 3.07. The van der Waals surface area contributed by atoms with Gasteiger partial charge in [0.05, 0.1) is 5.52 Å². The normalized spacial score (nSPS) is 11.0. The number of aromatic nitrogens is 2. The molecule has 0 fully saturated rings. The molecule has 0 amide bonds. The first kappa shape index (κ1) is 14.0. The second kappa shape index (κ2) is 6.20. The lowest BCUT2D eigenvalue weighted by molar-refractivity contribution is 0.616. The van der Waals surface area contributed by atoms with Gasteiger partial charge in [0.2, 0.25) is 0 Å². The number of thioether (sulfide) groups is 1. The van der Waals surface area contributed by atoms with E-state index in [1.807, 2.05) is 30.3 Å². The van der Waals surface area contributed by atoms with E-state index < -0.39 is 0 Å². The third-order valence-corrected chi connectivity index (χ3v) is 4.27. The summed E-state index contributed by atoms with van der Waals surface area (Å²) >= 11 is 1.50. The van der Waals surface area contributed by atoms with Crippen LogP contribution in [-0.4, -0.2) is 9.97 Å². The van der Waals surface area contributed by atoms with Crippen LogP contribution in [0.2, 0.25) is 0 Å². The first-order chi connectivity index (χ1) is 10.3. The SMILES string of the molecule is NCc1ccc(F)c(CSc2ncnc3ccccc23)c1. The first-order valence-corrected chi connectivity index (χ1v) is 7.56. The lowest BCUT2D eigenvalue weighted by atomic mass is 10.1. The fraction of sp³-hybridized carbons (Fsp3) is 0.125. The summed E-state index contributed by atoms with van der Waals surface area (Å²) in [4.78, 5) is 8.53. The molecular formula is C16H14FN3S. The summed E-state index contributed by atoms with van der Waals surface area (Å²) in [6.07, 6.45) is 1.54. The van der Waals surface area contributed by atoms with Crippen LogP contribution in [0.5, 0.6) is 0 Å². The number of nitrogens with two attached hydrogens (primary N) is 1. The molecule has 1 heterocycles. The number of halogens is 1. The Bertz CT molecular complexity index is 771. The Kier molecular flexibility index (Phi) is 4.13. The molecule has 3 rings (SSSR count). The summed E-state index contributed by atoms with van der Waals surface area (Å²) in [5.74, 6) is 0.304. The largest absolute Gasteiger partial charge is 0.326 e. The minimum absolute atomic E-state index is 0.210. The van der Waals surface area contributed by atoms with E-state index in [0.717, 1.165) is 21.5 Å². The van der Waals surface area contributed by atoms with Gasteiger partial charge in [-0.25, -0.2) is 14.4 Å². The molecule has 0 radical (unpaired) electrons. The first-order valence-electron chi connectivity index (χ1n) is 6.58. The molecule has 2 N–H and O–H groups in total. The van der Waals surface area contributed by atoms with Crippen LogP contribution in [0, 0.1) is 5.82 Å². The molecule has 0 bridgehead atoms. The number of nitrogens with zero attached hydrogens (tertiary/aromatic N) is 2. The lowest BCUT2D eigenvalue weighted by Crippen LogP contribution is -1.98. The van der Waals surface area contributed by atoms with Gasteiger partial charge in [-0.05, 0) is 23.3 Å². The minimum atomic E-state index is -0.210. The van der Waals surface area contributed by atoms with Gasteiger partial charge in [-0.2, -0.15) is 0 Å². The lowest BCUT2D eigenvalue weighted by Gasteiger charge is -2.07. The van der Waals surface area contributed by atoms with Gasteiger partial charge in [0.15, 0.2) is 0 Å². The zero-order chi connectivity index (χ0) is 14.7. The van der Waals surface area contributed by atoms with Crippen molar-refractivity contribution in [1.82, 2.24) is 9.97 Å². The summed E-state index contributed by atoms with van der Waals surface area (Å²) in [5.41, 5.74) is 8.07. The van der Waals surface area contributed by atoms with Gasteiger partial charge in [0.1, 0.15) is 17.2 Å². The van der Waals surface area contributed by atoms with Crippen LogP contribution in [0.1, 0.15) is 11.1 Å². The highest BCUT2D eigenvalue weighted by molar-refractivity contribution is 7.98. The summed E-state index contributed by atoms with van der Waals surface area (Å²) in [6, 6.07) is 12.8. The van der Waals surface area contributed by atoms with Crippen molar-refractivity contribution < 1.29 is 4.39 Å². The van der Waals surface area contributed by atoms with Crippen molar-refractivity contribution in [2.45, 2.75) is 17.3 Å². The van der Waals surface area contributed by atoms with E-state index >= 15 is 0 Å². The Labute approximate surface area is 126 Å². The maximum atomic E-state index is 13.8. The summed E-state index contributed by atoms with van der Waals surface area (Å²) in [5, 5.41) is 1.85. The van der Waals surface area contributed by atoms with Crippen LogP contribution < -0.4 is 5.73 Å². The Morgan fingerprint density at radius 2 is 1.95 bits per heavy atom. The number of para-hydroxylation sites is 1. The van der Waals surface area contributed by atoms with Gasteiger partial charge >= 0.3 is 0 Å². The third-order valence-electron chi connectivity index (χ3n) is 3.22. The molecule has 0 aliphatic rings. The Morgan fingerprint density at radius 3 is 2.81 bits per heavy atom. The maximum absolute atomic E-state index is 13.8. The van der Waals surface area contributed by atoms with Crippen molar-refractivity contribution in [3.05, 3.63) is 65.7 Å². The number of fused-ring (bicyclic) bond motifs is 1. The highest BCUT2D eigenvalue weighted by atomic mass is 32.2. The van der Waals surface area contributed by atoms with E-state index in [2.05, 4.69) is 9.97 Å². The molecule has 2 aromatic carbocycles. The Balaban J connectivity index is 1.87. The van der Waals surface area contributed by atoms with E-state index in [1.54, 1.807) is 6.07 Å². The molecule has 0 atom stereocenters. The van der Waals surface area contributed by atoms with Crippen molar-refractivity contribution in [2.24, 2.45) is 5.73 Å². The topological polar surface area (TPSA) is 51.8 Å². The average molecular weight is 299 g/mol. The molecule has 0 saturated carbocycles. The predicted octanol–water partition coefficient (Wildman–Crippen LogP) is 3.52. The van der Waals surface area contributed by atoms with Gasteiger partial charge in [0.25, 0.3) is 0 Å². The smallest absolute Gasteiger partial charge is 0.127 e. The second-order valence-electron chi connectivity index (χ2n) is 4.61. The molecule has 0 aliphatic carbocycles. The Hall–Kier alpha value is -1.98. The highest BCUT2D eigenvalue weighted by Crippen LogP contribution is 2.28. The number of benzene rings is 2. The molecule has 3 nitrogen and oxygen atoms in total. The minimum Gasteiger partial charge on any atom is -0.326 e. The van der Waals surface area contributed by atoms with Crippen molar-refractivity contribution in [3.8, 4) is 0 Å². The Morgan fingerprint density at radius 1 is 1.10 bits per heavy atom. The average Bonchev–Trinajstić information content (AvgIpc) is 2.54. The maximum Gasteiger partial charge on any atom is 0.127 e. The highest BCUT2D eigenvalue weighted by Gasteiger charge is 2.07. The quantitative estimate of drug-likeness (QED) is 0.591. The van der Waals surface area contributed by atoms with E-state index in [9.17, 15) is 4.39 Å². The zero-order valence-electron chi connectivity index (χ0n) is 11.3. The molecule has 0 aliphatic heterocycles. The fourth-order valence-electron chi connectivity index (χ4n) is 2.11. The molecule has 106 valence electrons. The third kappa shape index (κ3) is 3.04. The van der Waals surface area contributed by atoms with E-state index in [-0.39, 0.29) is 5.82 Å².